The number of hydrogen-bond acceptors (Lipinski definition) is 4. The van der Waals surface area contributed by atoms with Gasteiger partial charge in [0.15, 0.2) is 0 Å². The summed E-state index contributed by atoms with van der Waals surface area (Å²) in [6.45, 7) is 0. The van der Waals surface area contributed by atoms with Gasteiger partial charge in [-0.2, -0.15) is 11.8 Å². The Morgan fingerprint density at radius 2 is 2.41 bits per heavy atom. The van der Waals surface area contributed by atoms with Crippen molar-refractivity contribution in [2.45, 2.75) is 30.6 Å². The Balaban J connectivity index is 2.04. The molecule has 1 aromatic rings. The Hall–Kier alpha value is -1.23. The number of nitrogen functional groups attached to an aromatic ring is 1. The van der Waals surface area contributed by atoms with E-state index >= 15 is 0 Å². The molecule has 2 rings (SSSR count). The molecule has 2 unspecified atom stereocenters. The van der Waals surface area contributed by atoms with E-state index in [9.17, 15) is 4.79 Å². The highest BCUT2D eigenvalue weighted by Crippen LogP contribution is 2.28. The van der Waals surface area contributed by atoms with Crippen LogP contribution in [0.3, 0.4) is 0 Å². The van der Waals surface area contributed by atoms with Crippen LogP contribution in [0.5, 0.6) is 0 Å². The number of anilines is 1. The molecule has 4 nitrogen and oxygen atoms in total. The molecule has 1 aliphatic carbocycles. The van der Waals surface area contributed by atoms with Crippen LogP contribution in [0.4, 0.5) is 5.69 Å². The van der Waals surface area contributed by atoms with E-state index in [1.165, 1.54) is 19.0 Å². The minimum Gasteiger partial charge on any atom is -0.398 e. The second-order valence-corrected chi connectivity index (χ2v) is 5.32. The molecule has 92 valence electrons. The second kappa shape index (κ2) is 5.40. The van der Waals surface area contributed by atoms with Crippen LogP contribution in [0.1, 0.15) is 29.6 Å². The monoisotopic (exact) mass is 251 g/mol. The first-order chi connectivity index (χ1) is 8.22. The molecule has 3 N–H and O–H groups in total. The molecule has 1 heterocycles. The first kappa shape index (κ1) is 12.2. The first-order valence-electron chi connectivity index (χ1n) is 5.75. The van der Waals surface area contributed by atoms with E-state index < -0.39 is 0 Å². The van der Waals surface area contributed by atoms with Crippen molar-refractivity contribution >= 4 is 23.4 Å². The van der Waals surface area contributed by atoms with Crippen LogP contribution in [-0.4, -0.2) is 28.4 Å². The molecule has 17 heavy (non-hydrogen) atoms. The third kappa shape index (κ3) is 2.72. The Labute approximate surface area is 105 Å². The minimum atomic E-state index is -0.110. The van der Waals surface area contributed by atoms with Gasteiger partial charge in [0.05, 0.1) is 5.56 Å². The van der Waals surface area contributed by atoms with Gasteiger partial charge in [0.25, 0.3) is 5.91 Å². The number of aromatic nitrogens is 1. The van der Waals surface area contributed by atoms with E-state index in [0.29, 0.717) is 16.5 Å². The van der Waals surface area contributed by atoms with E-state index in [-0.39, 0.29) is 11.9 Å². The first-order valence-corrected chi connectivity index (χ1v) is 7.04. The zero-order valence-corrected chi connectivity index (χ0v) is 10.7. The molecule has 0 bridgehead atoms. The number of nitrogens with one attached hydrogen (secondary N) is 1. The lowest BCUT2D eigenvalue weighted by molar-refractivity contribution is 0.0939. The topological polar surface area (TPSA) is 68.0 Å². The van der Waals surface area contributed by atoms with E-state index in [1.807, 2.05) is 11.8 Å². The average Bonchev–Trinajstić information content (AvgIpc) is 2.76. The molecule has 1 fully saturated rings. The summed E-state index contributed by atoms with van der Waals surface area (Å²) in [5.74, 6) is -0.110. The van der Waals surface area contributed by atoms with Gasteiger partial charge in [0.1, 0.15) is 0 Å². The van der Waals surface area contributed by atoms with E-state index in [0.717, 1.165) is 6.42 Å². The summed E-state index contributed by atoms with van der Waals surface area (Å²) >= 11 is 1.82. The van der Waals surface area contributed by atoms with Gasteiger partial charge in [0.2, 0.25) is 0 Å². The summed E-state index contributed by atoms with van der Waals surface area (Å²) in [5, 5.41) is 3.58. The lowest BCUT2D eigenvalue weighted by Crippen LogP contribution is -2.38. The average molecular weight is 251 g/mol. The number of carbonyl (C=O) groups is 1. The number of nitrogens with two attached hydrogens (primary N) is 1. The fraction of sp³-hybridized carbons (Fsp3) is 0.500. The highest BCUT2D eigenvalue weighted by molar-refractivity contribution is 7.99. The fourth-order valence-electron chi connectivity index (χ4n) is 2.21. The molecular weight excluding hydrogens is 234 g/mol. The highest BCUT2D eigenvalue weighted by atomic mass is 32.2. The summed E-state index contributed by atoms with van der Waals surface area (Å²) in [6.07, 6.45) is 8.61. The van der Waals surface area contributed by atoms with Crippen LogP contribution in [0.15, 0.2) is 18.5 Å². The van der Waals surface area contributed by atoms with Gasteiger partial charge in [-0.1, -0.05) is 6.42 Å². The van der Waals surface area contributed by atoms with Gasteiger partial charge in [-0.25, -0.2) is 0 Å². The predicted octanol–water partition coefficient (Wildman–Crippen LogP) is 1.68. The van der Waals surface area contributed by atoms with Crippen molar-refractivity contribution in [2.24, 2.45) is 0 Å². The quantitative estimate of drug-likeness (QED) is 0.857. The van der Waals surface area contributed by atoms with Crippen LogP contribution in [0.25, 0.3) is 0 Å². The lowest BCUT2D eigenvalue weighted by Gasteiger charge is -2.19. The Bertz CT molecular complexity index is 410. The van der Waals surface area contributed by atoms with Crippen LogP contribution < -0.4 is 11.1 Å². The molecule has 0 aliphatic heterocycles. The number of thioether (sulfide) groups is 1. The highest BCUT2D eigenvalue weighted by Gasteiger charge is 2.28. The van der Waals surface area contributed by atoms with Crippen molar-refractivity contribution in [3.63, 3.8) is 0 Å². The zero-order valence-electron chi connectivity index (χ0n) is 9.85. The Morgan fingerprint density at radius 3 is 3.12 bits per heavy atom. The van der Waals surface area contributed by atoms with E-state index in [1.54, 1.807) is 12.3 Å². The SMILES string of the molecule is CSC1CCCC1NC(=O)c1cnccc1N. The molecule has 1 aliphatic rings. The number of carbonyl (C=O) groups excluding carboxylic acids is 1. The molecule has 1 saturated carbocycles. The van der Waals surface area contributed by atoms with Crippen molar-refractivity contribution in [1.29, 1.82) is 0 Å². The Morgan fingerprint density at radius 1 is 1.59 bits per heavy atom. The van der Waals surface area contributed by atoms with Gasteiger partial charge in [-0.05, 0) is 25.2 Å². The number of hydrogen-bond donors (Lipinski definition) is 2. The van der Waals surface area contributed by atoms with Gasteiger partial charge in [-0.15, -0.1) is 0 Å². The van der Waals surface area contributed by atoms with Gasteiger partial charge in [-0.3, -0.25) is 9.78 Å². The summed E-state index contributed by atoms with van der Waals surface area (Å²) in [7, 11) is 0. The van der Waals surface area contributed by atoms with Gasteiger partial charge in [0, 0.05) is 29.4 Å². The zero-order chi connectivity index (χ0) is 12.3. The lowest BCUT2D eigenvalue weighted by atomic mass is 10.2. The number of pyridine rings is 1. The van der Waals surface area contributed by atoms with Crippen molar-refractivity contribution in [1.82, 2.24) is 10.3 Å². The van der Waals surface area contributed by atoms with Crippen molar-refractivity contribution in [3.8, 4) is 0 Å². The van der Waals surface area contributed by atoms with Crippen LogP contribution >= 0.6 is 11.8 Å². The van der Waals surface area contributed by atoms with Gasteiger partial charge < -0.3 is 11.1 Å². The van der Waals surface area contributed by atoms with E-state index in [4.69, 9.17) is 5.73 Å². The van der Waals surface area contributed by atoms with Crippen molar-refractivity contribution < 1.29 is 4.79 Å². The molecule has 0 spiro atoms. The standard InChI is InChI=1S/C12H17N3OS/c1-17-11-4-2-3-10(11)15-12(16)8-7-14-6-5-9(8)13/h5-7,10-11H,2-4H2,1H3,(H2,13,14)(H,15,16). The predicted molar refractivity (Wildman–Crippen MR) is 71.1 cm³/mol. The number of amides is 1. The normalized spacial score (nSPS) is 23.6. The van der Waals surface area contributed by atoms with Crippen LogP contribution in [0, 0.1) is 0 Å². The maximum Gasteiger partial charge on any atom is 0.255 e. The second-order valence-electron chi connectivity index (χ2n) is 4.25. The minimum absolute atomic E-state index is 0.110. The van der Waals surface area contributed by atoms with Crippen molar-refractivity contribution in [3.05, 3.63) is 24.0 Å². The van der Waals surface area contributed by atoms with Gasteiger partial charge >= 0.3 is 0 Å². The molecule has 2 atom stereocenters. The maximum absolute atomic E-state index is 12.0. The third-order valence-corrected chi connectivity index (χ3v) is 4.34. The van der Waals surface area contributed by atoms with Crippen LogP contribution in [0.2, 0.25) is 0 Å². The molecule has 1 amide bonds. The van der Waals surface area contributed by atoms with Crippen LogP contribution in [-0.2, 0) is 0 Å². The molecule has 5 heteroatoms. The number of nitrogens with zero attached hydrogens (tertiary/aromatic N) is 1. The Kier molecular flexibility index (Phi) is 3.89. The summed E-state index contributed by atoms with van der Waals surface area (Å²) < 4.78 is 0. The summed E-state index contributed by atoms with van der Waals surface area (Å²) in [6, 6.07) is 1.91. The molecule has 1 aromatic heterocycles. The van der Waals surface area contributed by atoms with Crippen molar-refractivity contribution in [2.75, 3.05) is 12.0 Å². The third-order valence-electron chi connectivity index (χ3n) is 3.17. The summed E-state index contributed by atoms with van der Waals surface area (Å²) in [5.41, 5.74) is 6.71. The molecule has 0 saturated heterocycles. The molecule has 0 aromatic carbocycles. The van der Waals surface area contributed by atoms with E-state index in [2.05, 4.69) is 16.6 Å². The largest absolute Gasteiger partial charge is 0.398 e. The smallest absolute Gasteiger partial charge is 0.255 e. The number of rotatable bonds is 3. The fourth-order valence-corrected chi connectivity index (χ4v) is 3.15. The maximum atomic E-state index is 12.0. The summed E-state index contributed by atoms with van der Waals surface area (Å²) in [4.78, 5) is 16.0. The molecular formula is C12H17N3OS. The molecule has 0 radical (unpaired) electrons.